The number of carboxylic acid groups (broad SMARTS) is 1. The Morgan fingerprint density at radius 1 is 1.42 bits per heavy atom. The first-order valence-corrected chi connectivity index (χ1v) is 6.35. The van der Waals surface area contributed by atoms with Gasteiger partial charge in [-0.3, -0.25) is 4.79 Å². The summed E-state index contributed by atoms with van der Waals surface area (Å²) >= 11 is 0. The van der Waals surface area contributed by atoms with E-state index >= 15 is 0 Å². The number of carboxylic acids is 1. The topological polar surface area (TPSA) is 66.4 Å². The number of rotatable bonds is 6. The van der Waals surface area contributed by atoms with Gasteiger partial charge in [0.05, 0.1) is 0 Å². The second kappa shape index (κ2) is 7.36. The van der Waals surface area contributed by atoms with E-state index in [2.05, 4.69) is 12.2 Å². The lowest BCUT2D eigenvalue weighted by molar-refractivity contribution is -0.131. The molecular weight excluding hydrogens is 242 g/mol. The van der Waals surface area contributed by atoms with E-state index in [0.29, 0.717) is 11.1 Å². The summed E-state index contributed by atoms with van der Waals surface area (Å²) in [4.78, 5) is 22.4. The summed E-state index contributed by atoms with van der Waals surface area (Å²) in [7, 11) is 0. The fourth-order valence-corrected chi connectivity index (χ4v) is 1.76. The van der Waals surface area contributed by atoms with E-state index in [4.69, 9.17) is 5.11 Å². The molecule has 1 aromatic carbocycles. The molecule has 1 amide bonds. The van der Waals surface area contributed by atoms with Crippen LogP contribution in [-0.2, 0) is 4.79 Å². The van der Waals surface area contributed by atoms with Gasteiger partial charge in [0.25, 0.3) is 5.91 Å². The van der Waals surface area contributed by atoms with Crippen molar-refractivity contribution in [3.8, 4) is 0 Å². The first kappa shape index (κ1) is 15.0. The number of amides is 1. The largest absolute Gasteiger partial charge is 0.478 e. The van der Waals surface area contributed by atoms with Gasteiger partial charge in [-0.1, -0.05) is 25.5 Å². The summed E-state index contributed by atoms with van der Waals surface area (Å²) < 4.78 is 0. The third-order valence-corrected chi connectivity index (χ3v) is 2.67. The molecule has 0 aliphatic carbocycles. The van der Waals surface area contributed by atoms with E-state index in [1.165, 1.54) is 6.08 Å². The maximum absolute atomic E-state index is 12.0. The number of benzene rings is 1. The van der Waals surface area contributed by atoms with E-state index in [-0.39, 0.29) is 11.9 Å². The van der Waals surface area contributed by atoms with Crippen LogP contribution in [0.2, 0.25) is 0 Å². The molecule has 1 atom stereocenters. The van der Waals surface area contributed by atoms with Crippen molar-refractivity contribution in [2.24, 2.45) is 0 Å². The van der Waals surface area contributed by atoms with Gasteiger partial charge in [0.2, 0.25) is 0 Å². The molecule has 0 radical (unpaired) electrons. The molecule has 2 N–H and O–H groups in total. The molecule has 0 bridgehead atoms. The summed E-state index contributed by atoms with van der Waals surface area (Å²) in [5.74, 6) is -1.14. The fourth-order valence-electron chi connectivity index (χ4n) is 1.76. The van der Waals surface area contributed by atoms with Gasteiger partial charge in [0.1, 0.15) is 0 Å². The number of carbonyl (C=O) groups is 2. The molecule has 4 nitrogen and oxygen atoms in total. The van der Waals surface area contributed by atoms with E-state index in [1.54, 1.807) is 24.3 Å². The van der Waals surface area contributed by atoms with Gasteiger partial charge in [-0.25, -0.2) is 4.79 Å². The monoisotopic (exact) mass is 261 g/mol. The van der Waals surface area contributed by atoms with Crippen molar-refractivity contribution in [3.63, 3.8) is 0 Å². The molecule has 19 heavy (non-hydrogen) atoms. The fraction of sp³-hybridized carbons (Fsp3) is 0.333. The van der Waals surface area contributed by atoms with Crippen LogP contribution in [0.1, 0.15) is 42.6 Å². The first-order chi connectivity index (χ1) is 9.02. The van der Waals surface area contributed by atoms with Crippen LogP contribution in [0.4, 0.5) is 0 Å². The standard InChI is InChI=1S/C15H19NO3/c1-3-5-11(2)16-15(19)13-7-4-6-12(10-13)8-9-14(17)18/h4,6-11H,3,5H2,1-2H3,(H,16,19)(H,17,18)/b9-8+. The summed E-state index contributed by atoms with van der Waals surface area (Å²) in [5, 5.41) is 11.5. The molecule has 0 fully saturated rings. The maximum Gasteiger partial charge on any atom is 0.328 e. The van der Waals surface area contributed by atoms with Gasteiger partial charge in [0.15, 0.2) is 0 Å². The van der Waals surface area contributed by atoms with Crippen LogP contribution in [0, 0.1) is 0 Å². The summed E-state index contributed by atoms with van der Waals surface area (Å²) in [6.45, 7) is 4.04. The second-order valence-electron chi connectivity index (χ2n) is 4.46. The molecule has 0 saturated carbocycles. The maximum atomic E-state index is 12.0. The van der Waals surface area contributed by atoms with E-state index < -0.39 is 5.97 Å². The molecule has 1 aromatic rings. The molecule has 4 heteroatoms. The van der Waals surface area contributed by atoms with E-state index in [1.807, 2.05) is 6.92 Å². The van der Waals surface area contributed by atoms with Crippen LogP contribution in [0.25, 0.3) is 6.08 Å². The predicted octanol–water partition coefficient (Wildman–Crippen LogP) is 2.70. The number of carbonyl (C=O) groups excluding carboxylic acids is 1. The van der Waals surface area contributed by atoms with Crippen LogP contribution < -0.4 is 5.32 Å². The Labute approximate surface area is 113 Å². The Kier molecular flexibility index (Phi) is 5.79. The average Bonchev–Trinajstić information content (AvgIpc) is 2.37. The van der Waals surface area contributed by atoms with Gasteiger partial charge >= 0.3 is 5.97 Å². The number of nitrogens with one attached hydrogen (secondary N) is 1. The van der Waals surface area contributed by atoms with E-state index in [0.717, 1.165) is 18.9 Å². The Balaban J connectivity index is 2.75. The molecule has 102 valence electrons. The van der Waals surface area contributed by atoms with Crippen molar-refractivity contribution >= 4 is 18.0 Å². The zero-order valence-corrected chi connectivity index (χ0v) is 11.2. The summed E-state index contributed by atoms with van der Waals surface area (Å²) in [5.41, 5.74) is 1.23. The second-order valence-corrected chi connectivity index (χ2v) is 4.46. The highest BCUT2D eigenvalue weighted by molar-refractivity contribution is 5.95. The van der Waals surface area contributed by atoms with Crippen LogP contribution in [-0.4, -0.2) is 23.0 Å². The highest BCUT2D eigenvalue weighted by Gasteiger charge is 2.08. The lowest BCUT2D eigenvalue weighted by atomic mass is 10.1. The lowest BCUT2D eigenvalue weighted by Crippen LogP contribution is -2.32. The zero-order valence-electron chi connectivity index (χ0n) is 11.2. The molecule has 0 aromatic heterocycles. The van der Waals surface area contributed by atoms with Crippen molar-refractivity contribution in [1.82, 2.24) is 5.32 Å². The molecule has 0 saturated heterocycles. The Morgan fingerprint density at radius 3 is 2.79 bits per heavy atom. The highest BCUT2D eigenvalue weighted by atomic mass is 16.4. The van der Waals surface area contributed by atoms with E-state index in [9.17, 15) is 9.59 Å². The molecule has 0 heterocycles. The van der Waals surface area contributed by atoms with Crippen molar-refractivity contribution in [2.45, 2.75) is 32.7 Å². The van der Waals surface area contributed by atoms with Gasteiger partial charge in [-0.2, -0.15) is 0 Å². The zero-order chi connectivity index (χ0) is 14.3. The Bertz CT molecular complexity index is 480. The smallest absolute Gasteiger partial charge is 0.328 e. The van der Waals surface area contributed by atoms with Gasteiger partial charge in [-0.05, 0) is 37.1 Å². The number of hydrogen-bond donors (Lipinski definition) is 2. The Morgan fingerprint density at radius 2 is 2.16 bits per heavy atom. The van der Waals surface area contributed by atoms with Crippen LogP contribution in [0.5, 0.6) is 0 Å². The SMILES string of the molecule is CCCC(C)NC(=O)c1cccc(/C=C/C(=O)O)c1. The van der Waals surface area contributed by atoms with Gasteiger partial charge < -0.3 is 10.4 Å². The third kappa shape index (κ3) is 5.38. The van der Waals surface area contributed by atoms with Crippen molar-refractivity contribution in [3.05, 3.63) is 41.5 Å². The molecule has 1 rings (SSSR count). The number of hydrogen-bond acceptors (Lipinski definition) is 2. The minimum absolute atomic E-state index is 0.133. The van der Waals surface area contributed by atoms with Crippen molar-refractivity contribution in [1.29, 1.82) is 0 Å². The molecule has 0 aliphatic rings. The molecule has 1 unspecified atom stereocenters. The van der Waals surface area contributed by atoms with Gasteiger partial charge in [-0.15, -0.1) is 0 Å². The third-order valence-electron chi connectivity index (χ3n) is 2.67. The predicted molar refractivity (Wildman–Crippen MR) is 74.9 cm³/mol. The van der Waals surface area contributed by atoms with Crippen molar-refractivity contribution in [2.75, 3.05) is 0 Å². The van der Waals surface area contributed by atoms with Crippen LogP contribution >= 0.6 is 0 Å². The van der Waals surface area contributed by atoms with Crippen LogP contribution in [0.15, 0.2) is 30.3 Å². The Hall–Kier alpha value is -2.10. The molecular formula is C15H19NO3. The summed E-state index contributed by atoms with van der Waals surface area (Å²) in [6, 6.07) is 7.02. The molecule has 0 spiro atoms. The normalized spacial score (nSPS) is 12.3. The average molecular weight is 261 g/mol. The summed E-state index contributed by atoms with van der Waals surface area (Å²) in [6.07, 6.45) is 4.47. The highest BCUT2D eigenvalue weighted by Crippen LogP contribution is 2.08. The van der Waals surface area contributed by atoms with Crippen LogP contribution in [0.3, 0.4) is 0 Å². The molecule has 0 aliphatic heterocycles. The van der Waals surface area contributed by atoms with Gasteiger partial charge in [0, 0.05) is 17.7 Å². The lowest BCUT2D eigenvalue weighted by Gasteiger charge is -2.12. The quantitative estimate of drug-likeness (QED) is 0.774. The minimum Gasteiger partial charge on any atom is -0.478 e. The minimum atomic E-state index is -1.01. The van der Waals surface area contributed by atoms with Crippen molar-refractivity contribution < 1.29 is 14.7 Å². The first-order valence-electron chi connectivity index (χ1n) is 6.35. The number of aliphatic carboxylic acids is 1.